The predicted molar refractivity (Wildman–Crippen MR) is 84.2 cm³/mol. The Morgan fingerprint density at radius 1 is 1.30 bits per heavy atom. The zero-order valence-corrected chi connectivity index (χ0v) is 14.0. The van der Waals surface area contributed by atoms with Crippen molar-refractivity contribution in [2.75, 3.05) is 19.7 Å². The lowest BCUT2D eigenvalue weighted by Crippen LogP contribution is -2.41. The van der Waals surface area contributed by atoms with Gasteiger partial charge in [-0.05, 0) is 43.4 Å². The molecule has 1 aliphatic rings. The molecule has 0 bridgehead atoms. The molecule has 20 heavy (non-hydrogen) atoms. The van der Waals surface area contributed by atoms with Gasteiger partial charge in [0.2, 0.25) is 0 Å². The Hall–Kier alpha value is -1.03. The van der Waals surface area contributed by atoms with Gasteiger partial charge in [0.05, 0.1) is 6.61 Å². The summed E-state index contributed by atoms with van der Waals surface area (Å²) in [6.45, 7) is 8.74. The molecule has 1 aliphatic heterocycles. The molecule has 0 spiro atoms. The van der Waals surface area contributed by atoms with E-state index in [-0.39, 0.29) is 5.91 Å². The molecule has 1 saturated heterocycles. The molecule has 0 aromatic heterocycles. The summed E-state index contributed by atoms with van der Waals surface area (Å²) in [7, 11) is 0. The zero-order valence-electron chi connectivity index (χ0n) is 12.4. The van der Waals surface area contributed by atoms with Gasteiger partial charge in [0.15, 0.2) is 0 Å². The number of amides is 1. The maximum atomic E-state index is 12.6. The standard InChI is InChI=1S/C16H22BrNO2/c1-4-20-14-10-12(9-13(17)11-14)15(19)18-7-5-16(2,3)6-8-18/h9-11H,4-8H2,1-3H3. The Morgan fingerprint density at radius 3 is 2.55 bits per heavy atom. The van der Waals surface area contributed by atoms with E-state index in [4.69, 9.17) is 4.74 Å². The van der Waals surface area contributed by atoms with E-state index in [0.29, 0.717) is 17.6 Å². The Labute approximate surface area is 129 Å². The highest BCUT2D eigenvalue weighted by atomic mass is 79.9. The van der Waals surface area contributed by atoms with Crippen molar-refractivity contribution in [3.63, 3.8) is 0 Å². The van der Waals surface area contributed by atoms with E-state index >= 15 is 0 Å². The number of benzene rings is 1. The van der Waals surface area contributed by atoms with E-state index in [0.717, 1.165) is 36.2 Å². The highest BCUT2D eigenvalue weighted by Gasteiger charge is 2.28. The van der Waals surface area contributed by atoms with E-state index in [1.807, 2.05) is 30.0 Å². The summed E-state index contributed by atoms with van der Waals surface area (Å²) >= 11 is 3.44. The van der Waals surface area contributed by atoms with Crippen LogP contribution in [-0.4, -0.2) is 30.5 Å². The van der Waals surface area contributed by atoms with E-state index in [1.165, 1.54) is 0 Å². The quantitative estimate of drug-likeness (QED) is 0.829. The molecule has 0 aliphatic carbocycles. The number of halogens is 1. The molecule has 4 heteroatoms. The lowest BCUT2D eigenvalue weighted by Gasteiger charge is -2.37. The second kappa shape index (κ2) is 6.17. The molecule has 0 radical (unpaired) electrons. The Balaban J connectivity index is 2.13. The third kappa shape index (κ3) is 3.75. The fourth-order valence-electron chi connectivity index (χ4n) is 2.43. The molecule has 1 aromatic rings. The molecule has 0 N–H and O–H groups in total. The summed E-state index contributed by atoms with van der Waals surface area (Å²) < 4.78 is 6.38. The second-order valence-corrected chi connectivity index (χ2v) is 6.98. The van der Waals surface area contributed by atoms with Crippen LogP contribution in [0.5, 0.6) is 5.75 Å². The second-order valence-electron chi connectivity index (χ2n) is 6.07. The summed E-state index contributed by atoms with van der Waals surface area (Å²) in [6, 6.07) is 5.58. The predicted octanol–water partition coefficient (Wildman–Crippen LogP) is 4.11. The van der Waals surface area contributed by atoms with Gasteiger partial charge >= 0.3 is 0 Å². The first-order chi connectivity index (χ1) is 9.41. The van der Waals surface area contributed by atoms with E-state index in [1.54, 1.807) is 0 Å². The molecule has 1 fully saturated rings. The molecule has 1 heterocycles. The third-order valence-electron chi connectivity index (χ3n) is 3.83. The number of ether oxygens (including phenoxy) is 1. The van der Waals surface area contributed by atoms with Gasteiger partial charge in [-0.15, -0.1) is 0 Å². The highest BCUT2D eigenvalue weighted by Crippen LogP contribution is 2.31. The van der Waals surface area contributed by atoms with Crippen molar-refractivity contribution in [3.05, 3.63) is 28.2 Å². The van der Waals surface area contributed by atoms with E-state index in [9.17, 15) is 4.79 Å². The van der Waals surface area contributed by atoms with Crippen molar-refractivity contribution in [2.24, 2.45) is 5.41 Å². The topological polar surface area (TPSA) is 29.5 Å². The van der Waals surface area contributed by atoms with Gasteiger partial charge in [-0.2, -0.15) is 0 Å². The monoisotopic (exact) mass is 339 g/mol. The maximum Gasteiger partial charge on any atom is 0.254 e. The molecule has 110 valence electrons. The first-order valence-corrected chi connectivity index (χ1v) is 7.93. The van der Waals surface area contributed by atoms with E-state index in [2.05, 4.69) is 29.8 Å². The van der Waals surface area contributed by atoms with Crippen LogP contribution in [-0.2, 0) is 0 Å². The van der Waals surface area contributed by atoms with Crippen LogP contribution in [0.3, 0.4) is 0 Å². The summed E-state index contributed by atoms with van der Waals surface area (Å²) in [5.41, 5.74) is 1.05. The normalized spacial score (nSPS) is 17.9. The van der Waals surface area contributed by atoms with Gasteiger partial charge in [-0.1, -0.05) is 29.8 Å². The molecule has 3 nitrogen and oxygen atoms in total. The van der Waals surface area contributed by atoms with E-state index < -0.39 is 0 Å². The lowest BCUT2D eigenvalue weighted by atomic mass is 9.82. The van der Waals surface area contributed by atoms with Crippen LogP contribution < -0.4 is 4.74 Å². The van der Waals surface area contributed by atoms with Crippen molar-refractivity contribution in [2.45, 2.75) is 33.6 Å². The first kappa shape index (κ1) is 15.4. The number of carbonyl (C=O) groups excluding carboxylic acids is 1. The zero-order chi connectivity index (χ0) is 14.8. The number of piperidine rings is 1. The number of hydrogen-bond donors (Lipinski definition) is 0. The van der Waals surface area contributed by atoms with Crippen LogP contribution >= 0.6 is 15.9 Å². The van der Waals surface area contributed by atoms with Gasteiger partial charge in [0.25, 0.3) is 5.91 Å². The van der Waals surface area contributed by atoms with Gasteiger partial charge in [0, 0.05) is 23.1 Å². The van der Waals surface area contributed by atoms with Crippen LogP contribution in [0.25, 0.3) is 0 Å². The van der Waals surface area contributed by atoms with Crippen LogP contribution in [0.1, 0.15) is 44.0 Å². The molecule has 1 amide bonds. The van der Waals surface area contributed by atoms with Crippen molar-refractivity contribution in [3.8, 4) is 5.75 Å². The van der Waals surface area contributed by atoms with Crippen LogP contribution in [0.15, 0.2) is 22.7 Å². The summed E-state index contributed by atoms with van der Waals surface area (Å²) in [5, 5.41) is 0. The Bertz CT molecular complexity index is 489. The Kier molecular flexibility index (Phi) is 4.74. The van der Waals surface area contributed by atoms with Crippen molar-refractivity contribution in [1.29, 1.82) is 0 Å². The average Bonchev–Trinajstić information content (AvgIpc) is 2.37. The SMILES string of the molecule is CCOc1cc(Br)cc(C(=O)N2CCC(C)(C)CC2)c1. The molecular formula is C16H22BrNO2. The van der Waals surface area contributed by atoms with Crippen molar-refractivity contribution < 1.29 is 9.53 Å². The number of hydrogen-bond acceptors (Lipinski definition) is 2. The molecule has 1 aromatic carbocycles. The van der Waals surface area contributed by atoms with Crippen LogP contribution in [0.4, 0.5) is 0 Å². The highest BCUT2D eigenvalue weighted by molar-refractivity contribution is 9.10. The van der Waals surface area contributed by atoms with Crippen molar-refractivity contribution in [1.82, 2.24) is 4.90 Å². The fourth-order valence-corrected chi connectivity index (χ4v) is 2.91. The largest absolute Gasteiger partial charge is 0.494 e. The molecule has 0 unspecified atom stereocenters. The minimum atomic E-state index is 0.0998. The van der Waals surface area contributed by atoms with Crippen LogP contribution in [0, 0.1) is 5.41 Å². The minimum absolute atomic E-state index is 0.0998. The van der Waals surface area contributed by atoms with Gasteiger partial charge < -0.3 is 9.64 Å². The summed E-state index contributed by atoms with van der Waals surface area (Å²) in [5.74, 6) is 0.838. The van der Waals surface area contributed by atoms with Gasteiger partial charge in [-0.25, -0.2) is 0 Å². The number of carbonyl (C=O) groups is 1. The molecular weight excluding hydrogens is 318 g/mol. The summed E-state index contributed by atoms with van der Waals surface area (Å²) in [6.07, 6.45) is 2.12. The molecule has 0 atom stereocenters. The van der Waals surface area contributed by atoms with Gasteiger partial charge in [-0.3, -0.25) is 4.79 Å². The lowest BCUT2D eigenvalue weighted by molar-refractivity contribution is 0.0630. The van der Waals surface area contributed by atoms with Crippen LogP contribution in [0.2, 0.25) is 0 Å². The molecule has 2 rings (SSSR count). The number of rotatable bonds is 3. The third-order valence-corrected chi connectivity index (χ3v) is 4.29. The summed E-state index contributed by atoms with van der Waals surface area (Å²) in [4.78, 5) is 14.5. The number of likely N-dealkylation sites (tertiary alicyclic amines) is 1. The minimum Gasteiger partial charge on any atom is -0.494 e. The maximum absolute atomic E-state index is 12.6. The first-order valence-electron chi connectivity index (χ1n) is 7.14. The average molecular weight is 340 g/mol. The molecule has 0 saturated carbocycles. The number of nitrogens with zero attached hydrogens (tertiary/aromatic N) is 1. The fraction of sp³-hybridized carbons (Fsp3) is 0.562. The Morgan fingerprint density at radius 2 is 1.95 bits per heavy atom. The smallest absolute Gasteiger partial charge is 0.254 e. The van der Waals surface area contributed by atoms with Crippen molar-refractivity contribution >= 4 is 21.8 Å². The van der Waals surface area contributed by atoms with Gasteiger partial charge in [0.1, 0.15) is 5.75 Å².